The van der Waals surface area contributed by atoms with E-state index in [2.05, 4.69) is 5.32 Å². The largest absolute Gasteiger partial charge is 0.351 e. The van der Waals surface area contributed by atoms with Crippen LogP contribution in [0, 0.1) is 0 Å². The van der Waals surface area contributed by atoms with E-state index in [1.807, 2.05) is 35.2 Å². The molecule has 0 aliphatic carbocycles. The first-order valence-corrected chi connectivity index (χ1v) is 10.6. The summed E-state index contributed by atoms with van der Waals surface area (Å²) in [5.41, 5.74) is 1.04. The van der Waals surface area contributed by atoms with Gasteiger partial charge in [-0.15, -0.1) is 0 Å². The fourth-order valence-corrected chi connectivity index (χ4v) is 4.68. The second-order valence-electron chi connectivity index (χ2n) is 6.40. The summed E-state index contributed by atoms with van der Waals surface area (Å²) in [6.45, 7) is 2.47. The highest BCUT2D eigenvalue weighted by Crippen LogP contribution is 2.20. The minimum absolute atomic E-state index is 0.0648. The van der Waals surface area contributed by atoms with Crippen molar-refractivity contribution in [2.24, 2.45) is 0 Å². The Morgan fingerprint density at radius 2 is 1.70 bits per heavy atom. The Balaban J connectivity index is 1.49. The third-order valence-corrected chi connectivity index (χ3v) is 6.59. The van der Waals surface area contributed by atoms with E-state index in [1.54, 1.807) is 18.2 Å². The topological polar surface area (TPSA) is 69.7 Å². The zero-order valence-corrected chi connectivity index (χ0v) is 16.4. The fraction of sp³-hybridized carbons (Fsp3) is 0.316. The molecule has 2 aromatic carbocycles. The second kappa shape index (κ2) is 8.84. The molecule has 0 bridgehead atoms. The number of piperazine rings is 1. The van der Waals surface area contributed by atoms with Gasteiger partial charge in [0.15, 0.2) is 0 Å². The van der Waals surface area contributed by atoms with E-state index in [1.165, 1.54) is 10.4 Å². The Hall–Kier alpha value is -1.93. The number of sulfonamides is 1. The molecule has 3 rings (SSSR count). The molecule has 8 heteroatoms. The first-order chi connectivity index (χ1) is 12.9. The summed E-state index contributed by atoms with van der Waals surface area (Å²) in [4.78, 5) is 14.3. The molecular formula is C19H22ClN3O3S. The average molecular weight is 408 g/mol. The van der Waals surface area contributed by atoms with E-state index >= 15 is 0 Å². The number of nitrogens with one attached hydrogen (secondary N) is 1. The number of hydrogen-bond donors (Lipinski definition) is 1. The maximum Gasteiger partial charge on any atom is 0.243 e. The van der Waals surface area contributed by atoms with Gasteiger partial charge in [0.25, 0.3) is 0 Å². The molecule has 1 heterocycles. The van der Waals surface area contributed by atoms with Crippen molar-refractivity contribution >= 4 is 27.5 Å². The van der Waals surface area contributed by atoms with Crippen LogP contribution in [0.4, 0.5) is 0 Å². The van der Waals surface area contributed by atoms with Crippen molar-refractivity contribution in [2.75, 3.05) is 32.7 Å². The van der Waals surface area contributed by atoms with Crippen LogP contribution >= 0.6 is 11.6 Å². The Labute approximate surface area is 164 Å². The van der Waals surface area contributed by atoms with Crippen LogP contribution in [0.1, 0.15) is 5.56 Å². The first-order valence-electron chi connectivity index (χ1n) is 8.74. The van der Waals surface area contributed by atoms with Gasteiger partial charge in [-0.3, -0.25) is 9.69 Å². The monoisotopic (exact) mass is 407 g/mol. The van der Waals surface area contributed by atoms with Gasteiger partial charge in [-0.25, -0.2) is 8.42 Å². The number of benzene rings is 2. The molecule has 1 fully saturated rings. The van der Waals surface area contributed by atoms with Gasteiger partial charge in [0.2, 0.25) is 15.9 Å². The Kier molecular flexibility index (Phi) is 6.49. The van der Waals surface area contributed by atoms with Crippen LogP contribution in [-0.4, -0.2) is 56.3 Å². The molecular weight excluding hydrogens is 386 g/mol. The van der Waals surface area contributed by atoms with Crippen molar-refractivity contribution in [1.29, 1.82) is 0 Å². The summed E-state index contributed by atoms with van der Waals surface area (Å²) in [6, 6.07) is 16.0. The molecule has 1 amide bonds. The van der Waals surface area contributed by atoms with Crippen LogP contribution in [0.3, 0.4) is 0 Å². The zero-order valence-electron chi connectivity index (χ0n) is 14.8. The van der Waals surface area contributed by atoms with E-state index < -0.39 is 10.0 Å². The van der Waals surface area contributed by atoms with Gasteiger partial charge in [0, 0.05) is 37.7 Å². The number of carbonyl (C=O) groups is 1. The van der Waals surface area contributed by atoms with Gasteiger partial charge < -0.3 is 5.32 Å². The molecule has 1 aliphatic heterocycles. The van der Waals surface area contributed by atoms with Crippen molar-refractivity contribution in [3.63, 3.8) is 0 Å². The summed E-state index contributed by atoms with van der Waals surface area (Å²) in [6.07, 6.45) is 0. The number of hydrogen-bond acceptors (Lipinski definition) is 4. The SMILES string of the molecule is O=C(CN1CCN(S(=O)(=O)c2cccc(Cl)c2)CC1)NCc1ccccc1. The number of halogens is 1. The van der Waals surface area contributed by atoms with E-state index in [4.69, 9.17) is 11.6 Å². The fourth-order valence-electron chi connectivity index (χ4n) is 2.96. The van der Waals surface area contributed by atoms with Crippen molar-refractivity contribution < 1.29 is 13.2 Å². The van der Waals surface area contributed by atoms with Crippen molar-refractivity contribution in [1.82, 2.24) is 14.5 Å². The zero-order chi connectivity index (χ0) is 19.3. The lowest BCUT2D eigenvalue weighted by molar-refractivity contribution is -0.122. The normalized spacial score (nSPS) is 16.2. The van der Waals surface area contributed by atoms with Gasteiger partial charge in [-0.2, -0.15) is 4.31 Å². The lowest BCUT2D eigenvalue weighted by Gasteiger charge is -2.33. The molecule has 144 valence electrons. The molecule has 1 aliphatic rings. The van der Waals surface area contributed by atoms with Crippen LogP contribution < -0.4 is 5.32 Å². The molecule has 1 N–H and O–H groups in total. The van der Waals surface area contributed by atoms with E-state index in [0.29, 0.717) is 37.7 Å². The van der Waals surface area contributed by atoms with Crippen LogP contribution in [0.15, 0.2) is 59.5 Å². The summed E-state index contributed by atoms with van der Waals surface area (Å²) in [7, 11) is -3.56. The Morgan fingerprint density at radius 3 is 2.37 bits per heavy atom. The van der Waals surface area contributed by atoms with Gasteiger partial charge in [-0.05, 0) is 23.8 Å². The molecule has 0 atom stereocenters. The molecule has 2 aromatic rings. The summed E-state index contributed by atoms with van der Waals surface area (Å²) >= 11 is 5.91. The smallest absolute Gasteiger partial charge is 0.243 e. The van der Waals surface area contributed by atoms with Gasteiger partial charge in [0.1, 0.15) is 0 Å². The number of rotatable bonds is 6. The molecule has 0 saturated carbocycles. The summed E-state index contributed by atoms with van der Waals surface area (Å²) in [5, 5.41) is 3.29. The molecule has 0 radical (unpaired) electrons. The predicted octanol–water partition coefficient (Wildman–Crippen LogP) is 1.96. The highest BCUT2D eigenvalue weighted by Gasteiger charge is 2.29. The number of nitrogens with zero attached hydrogens (tertiary/aromatic N) is 2. The summed E-state index contributed by atoms with van der Waals surface area (Å²) in [5.74, 6) is -0.0648. The lowest BCUT2D eigenvalue weighted by Crippen LogP contribution is -2.50. The molecule has 27 heavy (non-hydrogen) atoms. The third-order valence-electron chi connectivity index (χ3n) is 4.46. The van der Waals surface area contributed by atoms with Gasteiger partial charge in [0.05, 0.1) is 11.4 Å². The summed E-state index contributed by atoms with van der Waals surface area (Å²) < 4.78 is 26.8. The molecule has 0 unspecified atom stereocenters. The van der Waals surface area contributed by atoms with Crippen LogP contribution in [-0.2, 0) is 21.4 Å². The highest BCUT2D eigenvalue weighted by atomic mass is 35.5. The van der Waals surface area contributed by atoms with Crippen LogP contribution in [0.2, 0.25) is 5.02 Å². The van der Waals surface area contributed by atoms with E-state index in [0.717, 1.165) is 5.56 Å². The van der Waals surface area contributed by atoms with Crippen molar-refractivity contribution in [3.8, 4) is 0 Å². The third kappa shape index (κ3) is 5.29. The standard InChI is InChI=1S/C19H22ClN3O3S/c20-17-7-4-8-18(13-17)27(25,26)23-11-9-22(10-12-23)15-19(24)21-14-16-5-2-1-3-6-16/h1-8,13H,9-12,14-15H2,(H,21,24). The van der Waals surface area contributed by atoms with Crippen molar-refractivity contribution in [3.05, 3.63) is 65.2 Å². The van der Waals surface area contributed by atoms with Crippen LogP contribution in [0.25, 0.3) is 0 Å². The first kappa shape index (κ1) is 19.8. The predicted molar refractivity (Wildman–Crippen MR) is 105 cm³/mol. The lowest BCUT2D eigenvalue weighted by atomic mass is 10.2. The minimum Gasteiger partial charge on any atom is -0.351 e. The number of amides is 1. The minimum atomic E-state index is -3.56. The van der Waals surface area contributed by atoms with Gasteiger partial charge >= 0.3 is 0 Å². The maximum atomic E-state index is 12.7. The van der Waals surface area contributed by atoms with Gasteiger partial charge in [-0.1, -0.05) is 48.0 Å². The van der Waals surface area contributed by atoms with Crippen LogP contribution in [0.5, 0.6) is 0 Å². The number of carbonyl (C=O) groups excluding carboxylic acids is 1. The Bertz CT molecular complexity index is 882. The quantitative estimate of drug-likeness (QED) is 0.794. The average Bonchev–Trinajstić information content (AvgIpc) is 2.68. The highest BCUT2D eigenvalue weighted by molar-refractivity contribution is 7.89. The maximum absolute atomic E-state index is 12.7. The van der Waals surface area contributed by atoms with E-state index in [9.17, 15) is 13.2 Å². The second-order valence-corrected chi connectivity index (χ2v) is 8.77. The Morgan fingerprint density at radius 1 is 1.00 bits per heavy atom. The molecule has 0 spiro atoms. The molecule has 6 nitrogen and oxygen atoms in total. The van der Waals surface area contributed by atoms with E-state index in [-0.39, 0.29) is 17.3 Å². The molecule has 1 saturated heterocycles. The molecule has 0 aromatic heterocycles. The van der Waals surface area contributed by atoms with Crippen molar-refractivity contribution in [2.45, 2.75) is 11.4 Å².